The van der Waals surface area contributed by atoms with E-state index in [1.807, 2.05) is 0 Å². The highest BCUT2D eigenvalue weighted by molar-refractivity contribution is 7.92. The van der Waals surface area contributed by atoms with Crippen LogP contribution in [0.4, 0.5) is 18.9 Å². The van der Waals surface area contributed by atoms with Crippen LogP contribution in [0, 0.1) is 0 Å². The molecule has 1 saturated heterocycles. The number of methoxy groups -OCH3 is 1. The highest BCUT2D eigenvalue weighted by atomic mass is 32.2. The molecule has 0 radical (unpaired) electrons. The van der Waals surface area contributed by atoms with Crippen molar-refractivity contribution >= 4 is 21.4 Å². The van der Waals surface area contributed by atoms with Crippen molar-refractivity contribution in [2.24, 2.45) is 0 Å². The zero-order valence-corrected chi connectivity index (χ0v) is 16.3. The van der Waals surface area contributed by atoms with Crippen LogP contribution in [0.15, 0.2) is 53.4 Å². The summed E-state index contributed by atoms with van der Waals surface area (Å²) in [6.45, 7) is 0.940. The van der Waals surface area contributed by atoms with Gasteiger partial charge in [0.15, 0.2) is 0 Å². The van der Waals surface area contributed by atoms with Gasteiger partial charge in [-0.15, -0.1) is 0 Å². The first-order valence-corrected chi connectivity index (χ1v) is 10.2. The molecule has 1 amide bonds. The van der Waals surface area contributed by atoms with Crippen LogP contribution in [-0.4, -0.2) is 58.0 Å². The number of carbonyl (C=O) groups is 1. The van der Waals surface area contributed by atoms with E-state index >= 15 is 0 Å². The average molecular weight is 428 g/mol. The number of sulfone groups is 1. The summed E-state index contributed by atoms with van der Waals surface area (Å²) in [6, 6.07) is 11.7. The van der Waals surface area contributed by atoms with Crippen molar-refractivity contribution in [2.75, 3.05) is 38.2 Å². The molecule has 0 unspecified atom stereocenters. The molecule has 2 aromatic rings. The van der Waals surface area contributed by atoms with E-state index in [4.69, 9.17) is 4.74 Å². The summed E-state index contributed by atoms with van der Waals surface area (Å²) in [5, 5.41) is 0. The number of anilines is 1. The average Bonchev–Trinajstić information content (AvgIpc) is 2.72. The number of carbonyl (C=O) groups excluding carboxylic acids is 1. The minimum Gasteiger partial charge on any atom is -0.497 e. The Hall–Kier alpha value is -2.75. The summed E-state index contributed by atoms with van der Waals surface area (Å²) in [5.74, 6) is 0.414. The van der Waals surface area contributed by atoms with Gasteiger partial charge in [0.25, 0.3) is 15.7 Å². The molecule has 2 aromatic carbocycles. The van der Waals surface area contributed by atoms with Gasteiger partial charge in [0.2, 0.25) is 0 Å². The Balaban J connectivity index is 1.75. The van der Waals surface area contributed by atoms with Crippen LogP contribution in [-0.2, 0) is 9.84 Å². The van der Waals surface area contributed by atoms with E-state index in [9.17, 15) is 26.4 Å². The third-order valence-corrected chi connectivity index (χ3v) is 6.24. The first-order valence-electron chi connectivity index (χ1n) is 8.74. The molecule has 0 atom stereocenters. The molecule has 10 heteroatoms. The fraction of sp³-hybridized carbons (Fsp3) is 0.316. The molecule has 0 aliphatic carbocycles. The largest absolute Gasteiger partial charge is 0.501 e. The smallest absolute Gasteiger partial charge is 0.497 e. The Labute approximate surface area is 166 Å². The summed E-state index contributed by atoms with van der Waals surface area (Å²) in [5.41, 5.74) is -4.92. The van der Waals surface area contributed by atoms with Crippen molar-refractivity contribution in [3.8, 4) is 5.75 Å². The summed E-state index contributed by atoms with van der Waals surface area (Å²) in [7, 11) is -3.95. The van der Waals surface area contributed by atoms with Crippen molar-refractivity contribution in [3.63, 3.8) is 0 Å². The third kappa shape index (κ3) is 4.16. The molecular weight excluding hydrogens is 409 g/mol. The molecule has 6 nitrogen and oxygen atoms in total. The monoisotopic (exact) mass is 428 g/mol. The van der Waals surface area contributed by atoms with Gasteiger partial charge in [-0.2, -0.15) is 13.2 Å². The second-order valence-electron chi connectivity index (χ2n) is 6.42. The van der Waals surface area contributed by atoms with Crippen molar-refractivity contribution in [3.05, 3.63) is 54.1 Å². The van der Waals surface area contributed by atoms with E-state index < -0.39 is 20.2 Å². The van der Waals surface area contributed by atoms with E-state index in [0.29, 0.717) is 11.3 Å². The molecule has 1 aliphatic heterocycles. The Morgan fingerprint density at radius 3 is 2.10 bits per heavy atom. The van der Waals surface area contributed by atoms with Gasteiger partial charge in [0, 0.05) is 31.7 Å². The van der Waals surface area contributed by atoms with Crippen LogP contribution in [0.25, 0.3) is 0 Å². The number of hydrogen-bond donors (Lipinski definition) is 0. The number of ether oxygens (including phenoxy) is 1. The van der Waals surface area contributed by atoms with Crippen LogP contribution in [0.3, 0.4) is 0 Å². The molecule has 0 bridgehead atoms. The topological polar surface area (TPSA) is 66.9 Å². The van der Waals surface area contributed by atoms with Crippen molar-refractivity contribution in [1.82, 2.24) is 4.90 Å². The molecule has 29 heavy (non-hydrogen) atoms. The molecule has 1 fully saturated rings. The maximum absolute atomic E-state index is 13.0. The first kappa shape index (κ1) is 21.0. The van der Waals surface area contributed by atoms with E-state index in [-0.39, 0.29) is 37.8 Å². The number of para-hydroxylation sites is 1. The quantitative estimate of drug-likeness (QED) is 0.749. The number of benzene rings is 2. The predicted octanol–water partition coefficient (Wildman–Crippen LogP) is 2.95. The minimum absolute atomic E-state index is 0.0126. The molecule has 1 heterocycles. The summed E-state index contributed by atoms with van der Waals surface area (Å²) >= 11 is 0. The molecule has 1 aliphatic rings. The number of hydrogen-bond acceptors (Lipinski definition) is 5. The van der Waals surface area contributed by atoms with E-state index in [1.54, 1.807) is 34.1 Å². The SMILES string of the molecule is COc1ccc(C(=O)N2CCN(c3ccccc3S(=O)(=O)C(F)(F)F)CC2)cc1. The molecule has 3 rings (SSSR count). The maximum Gasteiger partial charge on any atom is 0.501 e. The number of rotatable bonds is 4. The van der Waals surface area contributed by atoms with Crippen LogP contribution in [0.2, 0.25) is 0 Å². The lowest BCUT2D eigenvalue weighted by molar-refractivity contribution is -0.0435. The zero-order valence-electron chi connectivity index (χ0n) is 15.5. The fourth-order valence-corrected chi connectivity index (χ4v) is 4.12. The Morgan fingerprint density at radius 2 is 1.55 bits per heavy atom. The molecule has 156 valence electrons. The molecule has 0 aromatic heterocycles. The Kier molecular flexibility index (Phi) is 5.74. The molecular formula is C19H19F3N2O4S. The number of alkyl halides is 3. The predicted molar refractivity (Wildman–Crippen MR) is 101 cm³/mol. The van der Waals surface area contributed by atoms with Crippen molar-refractivity contribution < 1.29 is 31.1 Å². The molecule has 0 N–H and O–H groups in total. The normalized spacial score (nSPS) is 15.3. The van der Waals surface area contributed by atoms with Gasteiger partial charge in [-0.1, -0.05) is 12.1 Å². The summed E-state index contributed by atoms with van der Waals surface area (Å²) in [4.78, 5) is 15.0. The van der Waals surface area contributed by atoms with E-state index in [2.05, 4.69) is 0 Å². The fourth-order valence-electron chi connectivity index (χ4n) is 3.14. The van der Waals surface area contributed by atoms with Gasteiger partial charge in [0.05, 0.1) is 17.7 Å². The highest BCUT2D eigenvalue weighted by Crippen LogP contribution is 2.36. The summed E-state index contributed by atoms with van der Waals surface area (Å²) < 4.78 is 67.9. The van der Waals surface area contributed by atoms with Crippen LogP contribution in [0.1, 0.15) is 10.4 Å². The zero-order chi connectivity index (χ0) is 21.2. The van der Waals surface area contributed by atoms with Crippen LogP contribution < -0.4 is 9.64 Å². The number of amides is 1. The lowest BCUT2D eigenvalue weighted by Gasteiger charge is -2.37. The van der Waals surface area contributed by atoms with Crippen molar-refractivity contribution in [2.45, 2.75) is 10.4 Å². The summed E-state index contributed by atoms with van der Waals surface area (Å²) in [6.07, 6.45) is 0. The standard InChI is InChI=1S/C19H19F3N2O4S/c1-28-15-8-6-14(7-9-15)18(25)24-12-10-23(11-13-24)16-4-2-3-5-17(16)29(26,27)19(20,21)22/h2-9H,10-13H2,1H3. The number of halogens is 3. The van der Waals surface area contributed by atoms with Crippen LogP contribution in [0.5, 0.6) is 5.75 Å². The van der Waals surface area contributed by atoms with Gasteiger partial charge < -0.3 is 14.5 Å². The second kappa shape index (κ2) is 7.94. The lowest BCUT2D eigenvalue weighted by atomic mass is 10.1. The lowest BCUT2D eigenvalue weighted by Crippen LogP contribution is -2.49. The number of nitrogens with zero attached hydrogens (tertiary/aromatic N) is 2. The van der Waals surface area contributed by atoms with E-state index in [1.165, 1.54) is 25.3 Å². The van der Waals surface area contributed by atoms with Gasteiger partial charge in [0.1, 0.15) is 5.75 Å². The Morgan fingerprint density at radius 1 is 0.966 bits per heavy atom. The molecule has 0 spiro atoms. The van der Waals surface area contributed by atoms with Gasteiger partial charge >= 0.3 is 5.51 Å². The maximum atomic E-state index is 13.0. The minimum atomic E-state index is -5.47. The van der Waals surface area contributed by atoms with Gasteiger partial charge in [-0.05, 0) is 36.4 Å². The number of piperazine rings is 1. The van der Waals surface area contributed by atoms with Gasteiger partial charge in [-0.3, -0.25) is 4.79 Å². The Bertz CT molecular complexity index is 983. The third-order valence-electron chi connectivity index (χ3n) is 4.70. The van der Waals surface area contributed by atoms with Crippen LogP contribution >= 0.6 is 0 Å². The van der Waals surface area contributed by atoms with E-state index in [0.717, 1.165) is 6.07 Å². The second-order valence-corrected chi connectivity index (χ2v) is 8.33. The van der Waals surface area contributed by atoms with Gasteiger partial charge in [-0.25, -0.2) is 8.42 Å². The van der Waals surface area contributed by atoms with Crippen molar-refractivity contribution in [1.29, 1.82) is 0 Å². The highest BCUT2D eigenvalue weighted by Gasteiger charge is 2.48. The first-order chi connectivity index (χ1) is 13.6. The molecule has 0 saturated carbocycles.